The molecule has 1 nitrogen and oxygen atoms in total. The van der Waals surface area contributed by atoms with Gasteiger partial charge in [-0.25, -0.2) is 8.78 Å². The molecule has 0 N–H and O–H groups in total. The second kappa shape index (κ2) is 5.45. The average molecular weight is 322 g/mol. The van der Waals surface area contributed by atoms with Crippen LogP contribution in [-0.2, 0) is 0 Å². The first kappa shape index (κ1) is 14.3. The van der Waals surface area contributed by atoms with Gasteiger partial charge in [0.2, 0.25) is 0 Å². The minimum atomic E-state index is -1.12. The van der Waals surface area contributed by atoms with Crippen molar-refractivity contribution in [3.63, 3.8) is 0 Å². The minimum absolute atomic E-state index is 0.00117. The highest BCUT2D eigenvalue weighted by Gasteiger charge is 2.19. The van der Waals surface area contributed by atoms with Crippen molar-refractivity contribution in [2.75, 3.05) is 0 Å². The molecule has 0 aliphatic rings. The van der Waals surface area contributed by atoms with Crippen molar-refractivity contribution < 1.29 is 13.6 Å². The molecule has 2 aromatic rings. The maximum Gasteiger partial charge on any atom is 0.196 e. The number of halogens is 5. The predicted octanol–water partition coefficient (Wildman–Crippen LogP) is 5.16. The van der Waals surface area contributed by atoms with E-state index in [0.717, 1.165) is 18.2 Å². The van der Waals surface area contributed by atoms with Crippen LogP contribution in [0.5, 0.6) is 0 Å². The molecule has 0 aliphatic carbocycles. The number of carbonyl (C=O) groups excluding carboxylic acids is 1. The zero-order chi connectivity index (χ0) is 14.2. The second-order valence-corrected chi connectivity index (χ2v) is 4.95. The molecule has 0 spiro atoms. The molecule has 0 saturated heterocycles. The molecule has 0 bridgehead atoms. The number of benzene rings is 2. The fourth-order valence-corrected chi connectivity index (χ4v) is 2.53. The van der Waals surface area contributed by atoms with Crippen LogP contribution in [0.2, 0.25) is 15.1 Å². The lowest BCUT2D eigenvalue weighted by Crippen LogP contribution is -2.04. The highest BCUT2D eigenvalue weighted by molar-refractivity contribution is 6.43. The normalized spacial score (nSPS) is 10.6. The number of rotatable bonds is 2. The summed E-state index contributed by atoms with van der Waals surface area (Å²) in [5, 5.41) is 0.372. The Kier molecular flexibility index (Phi) is 4.09. The van der Waals surface area contributed by atoms with E-state index in [1.54, 1.807) is 0 Å². The van der Waals surface area contributed by atoms with Gasteiger partial charge in [0.1, 0.15) is 0 Å². The van der Waals surface area contributed by atoms with E-state index in [2.05, 4.69) is 0 Å². The van der Waals surface area contributed by atoms with Gasteiger partial charge in [0.15, 0.2) is 17.4 Å². The minimum Gasteiger partial charge on any atom is -0.288 e. The average Bonchev–Trinajstić information content (AvgIpc) is 2.31. The summed E-state index contributed by atoms with van der Waals surface area (Å²) >= 11 is 17.5. The van der Waals surface area contributed by atoms with E-state index in [1.165, 1.54) is 12.1 Å². The van der Waals surface area contributed by atoms with E-state index in [0.29, 0.717) is 0 Å². The molecule has 0 aliphatic heterocycles. The van der Waals surface area contributed by atoms with Gasteiger partial charge >= 0.3 is 0 Å². The first-order valence-corrected chi connectivity index (χ1v) is 6.18. The maximum atomic E-state index is 13.1. The van der Waals surface area contributed by atoms with Crippen molar-refractivity contribution in [3.8, 4) is 0 Å². The Morgan fingerprint density at radius 1 is 0.895 bits per heavy atom. The summed E-state index contributed by atoms with van der Waals surface area (Å²) in [5.74, 6) is -2.76. The Morgan fingerprint density at radius 2 is 1.47 bits per heavy atom. The van der Waals surface area contributed by atoms with Crippen LogP contribution in [-0.4, -0.2) is 5.78 Å². The van der Waals surface area contributed by atoms with Crippen LogP contribution < -0.4 is 0 Å². The highest BCUT2D eigenvalue weighted by atomic mass is 35.5. The summed E-state index contributed by atoms with van der Waals surface area (Å²) < 4.78 is 25.9. The van der Waals surface area contributed by atoms with Crippen LogP contribution >= 0.6 is 34.8 Å². The van der Waals surface area contributed by atoms with Gasteiger partial charge in [0.05, 0.1) is 15.6 Å². The first-order chi connectivity index (χ1) is 8.90. The summed E-state index contributed by atoms with van der Waals surface area (Å²) in [6, 6.07) is 5.51. The Bertz CT molecular complexity index is 648. The van der Waals surface area contributed by atoms with E-state index in [4.69, 9.17) is 34.8 Å². The van der Waals surface area contributed by atoms with Crippen molar-refractivity contribution in [3.05, 3.63) is 68.2 Å². The van der Waals surface area contributed by atoms with Crippen LogP contribution in [0.4, 0.5) is 8.78 Å². The summed E-state index contributed by atoms with van der Waals surface area (Å²) in [6.07, 6.45) is 0. The zero-order valence-corrected chi connectivity index (χ0v) is 11.5. The van der Waals surface area contributed by atoms with E-state index >= 15 is 0 Å². The number of hydrogen-bond donors (Lipinski definition) is 0. The summed E-state index contributed by atoms with van der Waals surface area (Å²) in [4.78, 5) is 12.2. The van der Waals surface area contributed by atoms with E-state index in [9.17, 15) is 13.6 Å². The van der Waals surface area contributed by atoms with Crippen LogP contribution in [0.25, 0.3) is 0 Å². The lowest BCUT2D eigenvalue weighted by atomic mass is 10.0. The third-order valence-electron chi connectivity index (χ3n) is 2.42. The molecule has 0 aromatic heterocycles. The van der Waals surface area contributed by atoms with Gasteiger partial charge < -0.3 is 0 Å². The lowest BCUT2D eigenvalue weighted by molar-refractivity contribution is 0.103. The molecule has 98 valence electrons. The molecule has 0 radical (unpaired) electrons. The van der Waals surface area contributed by atoms with Crippen molar-refractivity contribution in [1.29, 1.82) is 0 Å². The van der Waals surface area contributed by atoms with Gasteiger partial charge in [0.25, 0.3) is 0 Å². The second-order valence-electron chi connectivity index (χ2n) is 3.70. The Balaban J connectivity index is 2.53. The van der Waals surface area contributed by atoms with E-state index in [1.807, 2.05) is 0 Å². The molecule has 0 atom stereocenters. The third-order valence-corrected chi connectivity index (χ3v) is 3.23. The van der Waals surface area contributed by atoms with Crippen molar-refractivity contribution in [1.82, 2.24) is 0 Å². The Labute approximate surface area is 122 Å². The first-order valence-electron chi connectivity index (χ1n) is 5.04. The van der Waals surface area contributed by atoms with Gasteiger partial charge in [-0.15, -0.1) is 0 Å². The van der Waals surface area contributed by atoms with Crippen LogP contribution in [0.3, 0.4) is 0 Å². The van der Waals surface area contributed by atoms with E-state index in [-0.39, 0.29) is 26.2 Å². The van der Waals surface area contributed by atoms with E-state index < -0.39 is 17.4 Å². The molecule has 0 fully saturated rings. The standard InChI is InChI=1S/C13H5Cl3F2O/c14-7-4-8(15)12(9(16)5-7)13(19)6-1-2-10(17)11(18)3-6/h1-5H. The number of ketones is 1. The van der Waals surface area contributed by atoms with Crippen LogP contribution in [0, 0.1) is 11.6 Å². The molecule has 2 rings (SSSR count). The topological polar surface area (TPSA) is 17.1 Å². The molecule has 0 heterocycles. The SMILES string of the molecule is O=C(c1ccc(F)c(F)c1)c1c(Cl)cc(Cl)cc1Cl. The molecule has 2 aromatic carbocycles. The largest absolute Gasteiger partial charge is 0.288 e. The van der Waals surface area contributed by atoms with Crippen molar-refractivity contribution in [2.45, 2.75) is 0 Å². The number of hydrogen-bond acceptors (Lipinski definition) is 1. The Morgan fingerprint density at radius 3 is 2.00 bits per heavy atom. The fraction of sp³-hybridized carbons (Fsp3) is 0. The third kappa shape index (κ3) is 2.89. The number of carbonyl (C=O) groups is 1. The quantitative estimate of drug-likeness (QED) is 0.699. The molecule has 0 saturated carbocycles. The Hall–Kier alpha value is -1.16. The predicted molar refractivity (Wildman–Crippen MR) is 71.3 cm³/mol. The lowest BCUT2D eigenvalue weighted by Gasteiger charge is -2.07. The molecule has 19 heavy (non-hydrogen) atoms. The van der Waals surface area contributed by atoms with Gasteiger partial charge in [-0.3, -0.25) is 4.79 Å². The van der Waals surface area contributed by atoms with Gasteiger partial charge in [-0.2, -0.15) is 0 Å². The van der Waals surface area contributed by atoms with Crippen molar-refractivity contribution in [2.24, 2.45) is 0 Å². The molecule has 6 heteroatoms. The zero-order valence-electron chi connectivity index (χ0n) is 9.18. The van der Waals surface area contributed by atoms with Gasteiger partial charge in [-0.1, -0.05) is 34.8 Å². The highest BCUT2D eigenvalue weighted by Crippen LogP contribution is 2.31. The van der Waals surface area contributed by atoms with Crippen LogP contribution in [0.1, 0.15) is 15.9 Å². The maximum absolute atomic E-state index is 13.1. The van der Waals surface area contributed by atoms with Gasteiger partial charge in [0, 0.05) is 10.6 Å². The monoisotopic (exact) mass is 320 g/mol. The molecule has 0 unspecified atom stereocenters. The van der Waals surface area contributed by atoms with Gasteiger partial charge in [-0.05, 0) is 30.3 Å². The van der Waals surface area contributed by atoms with Crippen LogP contribution in [0.15, 0.2) is 30.3 Å². The smallest absolute Gasteiger partial charge is 0.196 e. The molecular formula is C13H5Cl3F2O. The summed E-state index contributed by atoms with van der Waals surface area (Å²) in [6.45, 7) is 0. The summed E-state index contributed by atoms with van der Waals surface area (Å²) in [7, 11) is 0. The van der Waals surface area contributed by atoms with Crippen molar-refractivity contribution >= 4 is 40.6 Å². The summed E-state index contributed by atoms with van der Waals surface area (Å²) in [5.41, 5.74) is -0.0521. The molecule has 0 amide bonds. The fourth-order valence-electron chi connectivity index (χ4n) is 1.54. The molecular weight excluding hydrogens is 316 g/mol.